The van der Waals surface area contributed by atoms with E-state index in [0.717, 1.165) is 0 Å². The van der Waals surface area contributed by atoms with Crippen molar-refractivity contribution in [3.8, 4) is 0 Å². The van der Waals surface area contributed by atoms with Crippen molar-refractivity contribution in [2.24, 2.45) is 0 Å². The van der Waals surface area contributed by atoms with Crippen molar-refractivity contribution in [2.45, 2.75) is 50.9 Å². The third-order valence-electron chi connectivity index (χ3n) is 2.77. The van der Waals surface area contributed by atoms with Gasteiger partial charge in [-0.1, -0.05) is 11.6 Å². The molecule has 1 rings (SSSR count). The summed E-state index contributed by atoms with van der Waals surface area (Å²) in [4.78, 5) is 11.9. The maximum Gasteiger partial charge on any atom is 0.338 e. The van der Waals surface area contributed by atoms with E-state index in [2.05, 4.69) is 0 Å². The molecule has 0 spiro atoms. The third kappa shape index (κ3) is 3.52. The zero-order chi connectivity index (χ0) is 15.7. The lowest BCUT2D eigenvalue weighted by Crippen LogP contribution is -2.17. The van der Waals surface area contributed by atoms with Crippen LogP contribution in [0.5, 0.6) is 0 Å². The monoisotopic (exact) mass is 318 g/mol. The van der Waals surface area contributed by atoms with E-state index in [1.54, 1.807) is 34.6 Å². The number of ether oxygens (including phenoxy) is 1. The topological polar surface area (TPSA) is 60.4 Å². The van der Waals surface area contributed by atoms with Gasteiger partial charge in [-0.05, 0) is 52.3 Å². The molecule has 0 aliphatic carbocycles. The van der Waals surface area contributed by atoms with Gasteiger partial charge in [0.2, 0.25) is 0 Å². The second-order valence-corrected chi connectivity index (χ2v) is 8.03. The molecule has 0 aliphatic rings. The summed E-state index contributed by atoms with van der Waals surface area (Å²) in [6.07, 6.45) is -0.275. The molecule has 0 bridgehead atoms. The molecular weight excluding hydrogens is 300 g/mol. The molecule has 0 N–H and O–H groups in total. The second-order valence-electron chi connectivity index (χ2n) is 5.15. The highest BCUT2D eigenvalue weighted by Gasteiger charge is 2.25. The smallest absolute Gasteiger partial charge is 0.338 e. The molecule has 20 heavy (non-hydrogen) atoms. The van der Waals surface area contributed by atoms with Gasteiger partial charge in [-0.3, -0.25) is 0 Å². The van der Waals surface area contributed by atoms with Crippen molar-refractivity contribution >= 4 is 27.4 Å². The van der Waals surface area contributed by atoms with Crippen molar-refractivity contribution in [3.63, 3.8) is 0 Å². The molecule has 0 saturated heterocycles. The Kier molecular flexibility index (Phi) is 5.21. The fraction of sp³-hybridized carbons (Fsp3) is 0.500. The highest BCUT2D eigenvalue weighted by atomic mass is 35.5. The van der Waals surface area contributed by atoms with E-state index < -0.39 is 21.1 Å². The number of aryl methyl sites for hydroxylation is 1. The van der Waals surface area contributed by atoms with Gasteiger partial charge in [0.05, 0.1) is 26.8 Å². The minimum Gasteiger partial charge on any atom is -0.459 e. The van der Waals surface area contributed by atoms with Crippen LogP contribution in [0.2, 0.25) is 5.02 Å². The second kappa shape index (κ2) is 6.14. The molecule has 112 valence electrons. The van der Waals surface area contributed by atoms with Crippen LogP contribution in [0.25, 0.3) is 0 Å². The maximum absolute atomic E-state index is 12.2. The molecule has 0 saturated carbocycles. The van der Waals surface area contributed by atoms with E-state index in [-0.39, 0.29) is 21.6 Å². The summed E-state index contributed by atoms with van der Waals surface area (Å²) < 4.78 is 29.6. The van der Waals surface area contributed by atoms with Gasteiger partial charge in [0, 0.05) is 0 Å². The van der Waals surface area contributed by atoms with Crippen molar-refractivity contribution < 1.29 is 17.9 Å². The lowest BCUT2D eigenvalue weighted by Gasteiger charge is -2.14. The number of sulfone groups is 1. The quantitative estimate of drug-likeness (QED) is 0.798. The number of halogens is 1. The van der Waals surface area contributed by atoms with Crippen LogP contribution >= 0.6 is 11.6 Å². The summed E-state index contributed by atoms with van der Waals surface area (Å²) in [5.41, 5.74) is 0.811. The van der Waals surface area contributed by atoms with Crippen LogP contribution in [-0.4, -0.2) is 25.7 Å². The van der Waals surface area contributed by atoms with Crippen LogP contribution in [0.15, 0.2) is 17.0 Å². The Balaban J connectivity index is 3.41. The number of carbonyl (C=O) groups is 1. The SMILES string of the molecule is Cc1cc(Cl)c(S(=O)(=O)C(C)C)cc1C(=O)OC(C)C. The van der Waals surface area contributed by atoms with Gasteiger partial charge in [-0.15, -0.1) is 0 Å². The Morgan fingerprint density at radius 1 is 1.20 bits per heavy atom. The molecule has 4 nitrogen and oxygen atoms in total. The molecule has 1 aromatic rings. The Morgan fingerprint density at radius 3 is 2.20 bits per heavy atom. The molecule has 1 aromatic carbocycles. The number of benzene rings is 1. The van der Waals surface area contributed by atoms with Crippen molar-refractivity contribution in [2.75, 3.05) is 0 Å². The Bertz CT molecular complexity index is 618. The maximum atomic E-state index is 12.2. The predicted molar refractivity (Wildman–Crippen MR) is 79.1 cm³/mol. The van der Waals surface area contributed by atoms with E-state index in [1.165, 1.54) is 12.1 Å². The van der Waals surface area contributed by atoms with Gasteiger partial charge in [-0.25, -0.2) is 13.2 Å². The summed E-state index contributed by atoms with van der Waals surface area (Å²) in [5.74, 6) is -0.547. The zero-order valence-electron chi connectivity index (χ0n) is 12.2. The van der Waals surface area contributed by atoms with E-state index in [1.807, 2.05) is 0 Å². The molecule has 0 aliphatic heterocycles. The molecular formula is C14H19ClO4S. The van der Waals surface area contributed by atoms with Gasteiger partial charge >= 0.3 is 5.97 Å². The van der Waals surface area contributed by atoms with Gasteiger partial charge in [0.25, 0.3) is 0 Å². The van der Waals surface area contributed by atoms with E-state index >= 15 is 0 Å². The third-order valence-corrected chi connectivity index (χ3v) is 5.39. The standard InChI is InChI=1S/C14H19ClO4S/c1-8(2)19-14(16)11-7-13(12(15)6-10(11)5)20(17,18)9(3)4/h6-9H,1-5H3. The first-order chi connectivity index (χ1) is 9.07. The first-order valence-electron chi connectivity index (χ1n) is 6.32. The number of hydrogen-bond donors (Lipinski definition) is 0. The summed E-state index contributed by atoms with van der Waals surface area (Å²) in [5, 5.41) is -0.492. The summed E-state index contributed by atoms with van der Waals surface area (Å²) >= 11 is 6.01. The molecule has 0 heterocycles. The normalized spacial score (nSPS) is 12.0. The first kappa shape index (κ1) is 17.0. The average molecular weight is 319 g/mol. The van der Waals surface area contributed by atoms with Gasteiger partial charge in [0.1, 0.15) is 0 Å². The van der Waals surface area contributed by atoms with Crippen LogP contribution in [0.4, 0.5) is 0 Å². The van der Waals surface area contributed by atoms with Crippen LogP contribution < -0.4 is 0 Å². The Morgan fingerprint density at radius 2 is 1.75 bits per heavy atom. The van der Waals surface area contributed by atoms with Gasteiger partial charge in [-0.2, -0.15) is 0 Å². The number of rotatable bonds is 4. The fourth-order valence-corrected chi connectivity index (χ4v) is 3.28. The van der Waals surface area contributed by atoms with Crippen molar-refractivity contribution in [1.29, 1.82) is 0 Å². The summed E-state index contributed by atoms with van der Waals surface area (Å²) in [6.45, 7) is 8.29. The molecule has 0 aromatic heterocycles. The summed E-state index contributed by atoms with van der Waals surface area (Å²) in [6, 6.07) is 2.78. The minimum absolute atomic E-state index is 0.0320. The van der Waals surface area contributed by atoms with Crippen LogP contribution in [0.1, 0.15) is 43.6 Å². The molecule has 0 fully saturated rings. The number of esters is 1. The number of carbonyl (C=O) groups excluding carboxylic acids is 1. The molecule has 0 atom stereocenters. The van der Waals surface area contributed by atoms with Crippen molar-refractivity contribution in [3.05, 3.63) is 28.3 Å². The van der Waals surface area contributed by atoms with Crippen LogP contribution in [0, 0.1) is 6.92 Å². The zero-order valence-corrected chi connectivity index (χ0v) is 13.8. The lowest BCUT2D eigenvalue weighted by molar-refractivity contribution is 0.0377. The van der Waals surface area contributed by atoms with E-state index in [4.69, 9.17) is 16.3 Å². The minimum atomic E-state index is -3.55. The highest BCUT2D eigenvalue weighted by Crippen LogP contribution is 2.28. The van der Waals surface area contributed by atoms with E-state index in [9.17, 15) is 13.2 Å². The van der Waals surface area contributed by atoms with E-state index in [0.29, 0.717) is 5.56 Å². The predicted octanol–water partition coefficient (Wildman–Crippen LogP) is 3.40. The van der Waals surface area contributed by atoms with Crippen LogP contribution in [0.3, 0.4) is 0 Å². The van der Waals surface area contributed by atoms with Crippen LogP contribution in [-0.2, 0) is 14.6 Å². The van der Waals surface area contributed by atoms with Gasteiger partial charge in [0.15, 0.2) is 9.84 Å². The van der Waals surface area contributed by atoms with Gasteiger partial charge < -0.3 is 4.74 Å². The molecule has 0 amide bonds. The summed E-state index contributed by atoms with van der Waals surface area (Å²) in [7, 11) is -3.55. The molecule has 0 unspecified atom stereocenters. The molecule has 6 heteroatoms. The fourth-order valence-electron chi connectivity index (χ4n) is 1.62. The first-order valence-corrected chi connectivity index (χ1v) is 8.24. The highest BCUT2D eigenvalue weighted by molar-refractivity contribution is 7.92. The molecule has 0 radical (unpaired) electrons. The Hall–Kier alpha value is -1.07. The Labute approximate surface area is 125 Å². The average Bonchev–Trinajstić information content (AvgIpc) is 2.26. The largest absolute Gasteiger partial charge is 0.459 e. The lowest BCUT2D eigenvalue weighted by atomic mass is 10.1. The number of hydrogen-bond acceptors (Lipinski definition) is 4. The van der Waals surface area contributed by atoms with Crippen molar-refractivity contribution in [1.82, 2.24) is 0 Å².